The number of hydrogen-bond donors (Lipinski definition) is 1. The molecule has 2 heterocycles. The number of aromatic nitrogens is 2. The Hall–Kier alpha value is -2.05. The van der Waals surface area contributed by atoms with E-state index in [9.17, 15) is 9.59 Å². The highest BCUT2D eigenvalue weighted by molar-refractivity contribution is 5.88. The molecule has 1 saturated heterocycles. The van der Waals surface area contributed by atoms with Crippen molar-refractivity contribution in [2.24, 2.45) is 0 Å². The van der Waals surface area contributed by atoms with Gasteiger partial charge in [0.15, 0.2) is 0 Å². The molecule has 0 unspecified atom stereocenters. The van der Waals surface area contributed by atoms with Gasteiger partial charge in [0, 0.05) is 13.1 Å². The van der Waals surface area contributed by atoms with Gasteiger partial charge in [-0.2, -0.15) is 5.10 Å². The highest BCUT2D eigenvalue weighted by Gasteiger charge is 2.36. The number of carbonyl (C=O) groups is 2. The molecule has 0 atom stereocenters. The number of ether oxygens (including phenoxy) is 1. The fraction of sp³-hybridized carbons (Fsp3) is 0.615. The fourth-order valence-corrected chi connectivity index (χ4v) is 2.09. The van der Waals surface area contributed by atoms with Crippen LogP contribution in [0, 0.1) is 6.92 Å². The summed E-state index contributed by atoms with van der Waals surface area (Å²) in [5.74, 6) is -0.989. The van der Waals surface area contributed by atoms with Crippen LogP contribution >= 0.6 is 0 Å². The van der Waals surface area contributed by atoms with E-state index >= 15 is 0 Å². The summed E-state index contributed by atoms with van der Waals surface area (Å²) in [7, 11) is 0. The lowest BCUT2D eigenvalue weighted by Gasteiger charge is -2.40. The van der Waals surface area contributed by atoms with Crippen molar-refractivity contribution in [2.45, 2.75) is 39.3 Å². The number of carboxylic acids is 1. The Balaban J connectivity index is 1.97. The Labute approximate surface area is 117 Å². The SMILES string of the molecule is Cc1c(C(=O)O)cnn1C1CN(C(=O)OC(C)(C)C)C1. The Morgan fingerprint density at radius 2 is 2.00 bits per heavy atom. The summed E-state index contributed by atoms with van der Waals surface area (Å²) in [5, 5.41) is 13.1. The number of carbonyl (C=O) groups excluding carboxylic acids is 1. The van der Waals surface area contributed by atoms with Crippen molar-refractivity contribution in [3.63, 3.8) is 0 Å². The molecule has 1 aromatic rings. The van der Waals surface area contributed by atoms with E-state index in [1.807, 2.05) is 20.8 Å². The Morgan fingerprint density at radius 1 is 1.40 bits per heavy atom. The molecule has 0 aliphatic carbocycles. The van der Waals surface area contributed by atoms with Crippen LogP contribution in [-0.4, -0.2) is 50.5 Å². The van der Waals surface area contributed by atoms with Crippen LogP contribution in [-0.2, 0) is 4.74 Å². The lowest BCUT2D eigenvalue weighted by atomic mass is 10.1. The van der Waals surface area contributed by atoms with E-state index in [4.69, 9.17) is 9.84 Å². The van der Waals surface area contributed by atoms with Crippen LogP contribution in [0.5, 0.6) is 0 Å². The van der Waals surface area contributed by atoms with Crippen LogP contribution in [0.15, 0.2) is 6.20 Å². The molecule has 2 rings (SSSR count). The zero-order valence-electron chi connectivity index (χ0n) is 12.1. The first-order valence-corrected chi connectivity index (χ1v) is 6.44. The molecule has 1 amide bonds. The zero-order valence-corrected chi connectivity index (χ0v) is 12.1. The molecular weight excluding hydrogens is 262 g/mol. The minimum Gasteiger partial charge on any atom is -0.478 e. The maximum atomic E-state index is 11.8. The third kappa shape index (κ3) is 2.76. The van der Waals surface area contributed by atoms with Crippen molar-refractivity contribution in [2.75, 3.05) is 13.1 Å². The molecular formula is C13H19N3O4. The molecule has 7 heteroatoms. The Kier molecular flexibility index (Phi) is 3.45. The smallest absolute Gasteiger partial charge is 0.410 e. The van der Waals surface area contributed by atoms with Gasteiger partial charge in [0.1, 0.15) is 11.2 Å². The normalized spacial score (nSPS) is 15.9. The van der Waals surface area contributed by atoms with Crippen molar-refractivity contribution < 1.29 is 19.4 Å². The molecule has 0 saturated carbocycles. The topological polar surface area (TPSA) is 84.7 Å². The average Bonchev–Trinajstić information content (AvgIpc) is 2.55. The second-order valence-electron chi connectivity index (χ2n) is 5.93. The largest absolute Gasteiger partial charge is 0.478 e. The van der Waals surface area contributed by atoms with Crippen molar-refractivity contribution in [1.82, 2.24) is 14.7 Å². The van der Waals surface area contributed by atoms with Crippen LogP contribution in [0.4, 0.5) is 4.79 Å². The third-order valence-corrected chi connectivity index (χ3v) is 3.13. The van der Waals surface area contributed by atoms with Gasteiger partial charge in [0.2, 0.25) is 0 Å². The minimum absolute atomic E-state index is 0.00983. The van der Waals surface area contributed by atoms with Gasteiger partial charge < -0.3 is 14.7 Å². The molecule has 0 radical (unpaired) electrons. The Morgan fingerprint density at radius 3 is 2.45 bits per heavy atom. The van der Waals surface area contributed by atoms with Crippen LogP contribution < -0.4 is 0 Å². The molecule has 20 heavy (non-hydrogen) atoms. The second kappa shape index (κ2) is 4.81. The number of carboxylic acid groups (broad SMARTS) is 1. The van der Waals surface area contributed by atoms with Gasteiger partial charge in [-0.05, 0) is 27.7 Å². The fourth-order valence-electron chi connectivity index (χ4n) is 2.09. The molecule has 7 nitrogen and oxygen atoms in total. The van der Waals surface area contributed by atoms with Gasteiger partial charge in [-0.15, -0.1) is 0 Å². The maximum Gasteiger partial charge on any atom is 0.410 e. The summed E-state index contributed by atoms with van der Waals surface area (Å²) in [5.41, 5.74) is 0.285. The molecule has 1 aromatic heterocycles. The van der Waals surface area contributed by atoms with E-state index in [0.29, 0.717) is 18.8 Å². The quantitative estimate of drug-likeness (QED) is 0.891. The van der Waals surface area contributed by atoms with Crippen molar-refractivity contribution in [3.05, 3.63) is 17.5 Å². The molecule has 1 aliphatic rings. The number of amides is 1. The number of rotatable bonds is 2. The number of nitrogens with zero attached hydrogens (tertiary/aromatic N) is 3. The number of likely N-dealkylation sites (tertiary alicyclic amines) is 1. The highest BCUT2D eigenvalue weighted by atomic mass is 16.6. The van der Waals surface area contributed by atoms with Crippen LogP contribution in [0.25, 0.3) is 0 Å². The molecule has 1 fully saturated rings. The number of hydrogen-bond acceptors (Lipinski definition) is 4. The maximum absolute atomic E-state index is 11.8. The minimum atomic E-state index is -0.989. The lowest BCUT2D eigenvalue weighted by molar-refractivity contribution is -0.000716. The van der Waals surface area contributed by atoms with Gasteiger partial charge in [-0.25, -0.2) is 9.59 Å². The van der Waals surface area contributed by atoms with Crippen LogP contribution in [0.2, 0.25) is 0 Å². The second-order valence-corrected chi connectivity index (χ2v) is 5.93. The lowest BCUT2D eigenvalue weighted by Crippen LogP contribution is -2.52. The van der Waals surface area contributed by atoms with Crippen molar-refractivity contribution >= 4 is 12.1 Å². The first kappa shape index (κ1) is 14.4. The summed E-state index contributed by atoms with van der Waals surface area (Å²) in [6.07, 6.45) is 0.991. The average molecular weight is 281 g/mol. The predicted octanol–water partition coefficient (Wildman–Crippen LogP) is 1.68. The molecule has 110 valence electrons. The summed E-state index contributed by atoms with van der Waals surface area (Å²) >= 11 is 0. The van der Waals surface area contributed by atoms with Gasteiger partial charge >= 0.3 is 12.1 Å². The third-order valence-electron chi connectivity index (χ3n) is 3.13. The van der Waals surface area contributed by atoms with Gasteiger partial charge in [0.05, 0.1) is 17.9 Å². The first-order valence-electron chi connectivity index (χ1n) is 6.44. The highest BCUT2D eigenvalue weighted by Crippen LogP contribution is 2.25. The van der Waals surface area contributed by atoms with Crippen LogP contribution in [0.3, 0.4) is 0 Å². The number of aromatic carboxylic acids is 1. The van der Waals surface area contributed by atoms with Crippen molar-refractivity contribution in [3.8, 4) is 0 Å². The van der Waals surface area contributed by atoms with E-state index in [2.05, 4.69) is 5.10 Å². The van der Waals surface area contributed by atoms with E-state index < -0.39 is 11.6 Å². The molecule has 0 bridgehead atoms. The summed E-state index contributed by atoms with van der Waals surface area (Å²) in [6.45, 7) is 8.14. The molecule has 1 N–H and O–H groups in total. The standard InChI is InChI=1S/C13H19N3O4/c1-8-10(11(17)18)5-14-16(8)9-6-15(7-9)12(19)20-13(2,3)4/h5,9H,6-7H2,1-4H3,(H,17,18). The van der Waals surface area contributed by atoms with E-state index in [0.717, 1.165) is 0 Å². The van der Waals surface area contributed by atoms with Gasteiger partial charge in [-0.3, -0.25) is 4.68 Å². The molecule has 0 spiro atoms. The summed E-state index contributed by atoms with van der Waals surface area (Å²) in [6, 6.07) is 0.00983. The van der Waals surface area contributed by atoms with E-state index in [1.165, 1.54) is 6.20 Å². The molecule has 0 aromatic carbocycles. The van der Waals surface area contributed by atoms with Gasteiger partial charge in [0.25, 0.3) is 0 Å². The summed E-state index contributed by atoms with van der Waals surface area (Å²) in [4.78, 5) is 24.3. The van der Waals surface area contributed by atoms with E-state index in [1.54, 1.807) is 16.5 Å². The first-order chi connectivity index (χ1) is 9.19. The van der Waals surface area contributed by atoms with Crippen molar-refractivity contribution in [1.29, 1.82) is 0 Å². The van der Waals surface area contributed by atoms with E-state index in [-0.39, 0.29) is 17.7 Å². The predicted molar refractivity (Wildman–Crippen MR) is 70.8 cm³/mol. The monoisotopic (exact) mass is 281 g/mol. The molecule has 1 aliphatic heterocycles. The van der Waals surface area contributed by atoms with Gasteiger partial charge in [-0.1, -0.05) is 0 Å². The van der Waals surface area contributed by atoms with Crippen LogP contribution in [0.1, 0.15) is 42.9 Å². The zero-order chi connectivity index (χ0) is 15.1. The summed E-state index contributed by atoms with van der Waals surface area (Å²) < 4.78 is 6.92. The Bertz CT molecular complexity index is 538.